The van der Waals surface area contributed by atoms with Crippen LogP contribution in [0.3, 0.4) is 0 Å². The third-order valence-corrected chi connectivity index (χ3v) is 3.41. The summed E-state index contributed by atoms with van der Waals surface area (Å²) in [4.78, 5) is 12.5. The first-order chi connectivity index (χ1) is 12.1. The van der Waals surface area contributed by atoms with Crippen LogP contribution in [0.25, 0.3) is 0 Å². The molecule has 0 aromatic heterocycles. The number of benzene rings is 2. The topological polar surface area (TPSA) is 66.0 Å². The van der Waals surface area contributed by atoms with Gasteiger partial charge in [-0.25, -0.2) is 0 Å². The summed E-state index contributed by atoms with van der Waals surface area (Å²) < 4.78 is 21.2. The van der Waals surface area contributed by atoms with E-state index in [0.29, 0.717) is 40.9 Å². The van der Waals surface area contributed by atoms with Gasteiger partial charge >= 0.3 is 0 Å². The molecule has 1 amide bonds. The first-order valence-corrected chi connectivity index (χ1v) is 7.58. The Bertz CT molecular complexity index is 715. The molecule has 0 saturated carbocycles. The van der Waals surface area contributed by atoms with E-state index < -0.39 is 0 Å². The first-order valence-electron chi connectivity index (χ1n) is 7.58. The summed E-state index contributed by atoms with van der Waals surface area (Å²) in [6, 6.07) is 10.3. The van der Waals surface area contributed by atoms with Gasteiger partial charge in [0.15, 0.2) is 11.5 Å². The molecule has 2 aromatic rings. The molecule has 0 aliphatic rings. The Hall–Kier alpha value is -3.15. The van der Waals surface area contributed by atoms with Crippen LogP contribution < -0.4 is 24.3 Å². The van der Waals surface area contributed by atoms with Crippen LogP contribution in [0.15, 0.2) is 49.1 Å². The van der Waals surface area contributed by atoms with Crippen LogP contribution in [-0.2, 0) is 0 Å². The molecule has 0 atom stereocenters. The number of ether oxygens (including phenoxy) is 4. The molecular weight excluding hydrogens is 322 g/mol. The minimum atomic E-state index is -0.293. The molecule has 0 spiro atoms. The zero-order valence-corrected chi connectivity index (χ0v) is 14.5. The van der Waals surface area contributed by atoms with Gasteiger partial charge in [-0.1, -0.05) is 12.7 Å². The predicted octanol–water partition coefficient (Wildman–Crippen LogP) is 3.53. The number of rotatable bonds is 8. The number of hydrogen-bond acceptors (Lipinski definition) is 5. The number of methoxy groups -OCH3 is 3. The van der Waals surface area contributed by atoms with Crippen molar-refractivity contribution in [3.8, 4) is 23.0 Å². The Morgan fingerprint density at radius 3 is 2.12 bits per heavy atom. The third kappa shape index (κ3) is 4.44. The fourth-order valence-corrected chi connectivity index (χ4v) is 2.21. The van der Waals surface area contributed by atoms with Crippen LogP contribution in [0.5, 0.6) is 23.0 Å². The highest BCUT2D eigenvalue weighted by Gasteiger charge is 2.17. The Kier molecular flexibility index (Phi) is 6.28. The van der Waals surface area contributed by atoms with Crippen molar-refractivity contribution in [2.24, 2.45) is 0 Å². The maximum absolute atomic E-state index is 12.5. The number of carbonyl (C=O) groups excluding carboxylic acids is 1. The predicted molar refractivity (Wildman–Crippen MR) is 96.2 cm³/mol. The molecule has 0 fully saturated rings. The molecule has 2 aromatic carbocycles. The molecule has 0 unspecified atom stereocenters. The highest BCUT2D eigenvalue weighted by molar-refractivity contribution is 6.05. The monoisotopic (exact) mass is 343 g/mol. The van der Waals surface area contributed by atoms with Gasteiger partial charge < -0.3 is 24.3 Å². The van der Waals surface area contributed by atoms with Crippen molar-refractivity contribution in [1.82, 2.24) is 0 Å². The van der Waals surface area contributed by atoms with Crippen molar-refractivity contribution in [1.29, 1.82) is 0 Å². The SMILES string of the molecule is C=CCOc1ccc(NC(=O)c2cc(OC)c(OC)c(OC)c2)cc1. The molecule has 6 nitrogen and oxygen atoms in total. The van der Waals surface area contributed by atoms with Gasteiger partial charge in [0.2, 0.25) is 5.75 Å². The average molecular weight is 343 g/mol. The van der Waals surface area contributed by atoms with Crippen molar-refractivity contribution in [3.63, 3.8) is 0 Å². The van der Waals surface area contributed by atoms with Crippen molar-refractivity contribution in [2.45, 2.75) is 0 Å². The normalized spacial score (nSPS) is 9.88. The van der Waals surface area contributed by atoms with Gasteiger partial charge in [-0.3, -0.25) is 4.79 Å². The van der Waals surface area contributed by atoms with Gasteiger partial charge in [-0.15, -0.1) is 0 Å². The molecule has 1 N–H and O–H groups in total. The number of hydrogen-bond donors (Lipinski definition) is 1. The summed E-state index contributed by atoms with van der Waals surface area (Å²) >= 11 is 0. The van der Waals surface area contributed by atoms with Crippen LogP contribution in [0.4, 0.5) is 5.69 Å². The van der Waals surface area contributed by atoms with Gasteiger partial charge in [-0.05, 0) is 36.4 Å². The van der Waals surface area contributed by atoms with Crippen LogP contribution in [0.1, 0.15) is 10.4 Å². The zero-order valence-electron chi connectivity index (χ0n) is 14.5. The van der Waals surface area contributed by atoms with Gasteiger partial charge in [-0.2, -0.15) is 0 Å². The smallest absolute Gasteiger partial charge is 0.255 e. The van der Waals surface area contributed by atoms with Crippen LogP contribution >= 0.6 is 0 Å². The molecule has 0 saturated heterocycles. The second kappa shape index (κ2) is 8.63. The van der Waals surface area contributed by atoms with E-state index in [2.05, 4.69) is 11.9 Å². The van der Waals surface area contributed by atoms with Gasteiger partial charge in [0.1, 0.15) is 12.4 Å². The van der Waals surface area contributed by atoms with E-state index in [1.807, 2.05) is 0 Å². The summed E-state index contributed by atoms with van der Waals surface area (Å²) in [5, 5.41) is 2.82. The maximum atomic E-state index is 12.5. The van der Waals surface area contributed by atoms with E-state index in [-0.39, 0.29) is 5.91 Å². The molecular formula is C19H21NO5. The fraction of sp³-hybridized carbons (Fsp3) is 0.211. The van der Waals surface area contributed by atoms with Crippen LogP contribution in [-0.4, -0.2) is 33.8 Å². The van der Waals surface area contributed by atoms with E-state index in [4.69, 9.17) is 18.9 Å². The maximum Gasteiger partial charge on any atom is 0.255 e. The van der Waals surface area contributed by atoms with E-state index in [1.165, 1.54) is 21.3 Å². The van der Waals surface area contributed by atoms with Gasteiger partial charge in [0.05, 0.1) is 21.3 Å². The van der Waals surface area contributed by atoms with Crippen LogP contribution in [0.2, 0.25) is 0 Å². The quantitative estimate of drug-likeness (QED) is 0.743. The first kappa shape index (κ1) is 18.2. The van der Waals surface area contributed by atoms with E-state index >= 15 is 0 Å². The average Bonchev–Trinajstić information content (AvgIpc) is 2.66. The summed E-state index contributed by atoms with van der Waals surface area (Å²) in [6.45, 7) is 4.02. The molecule has 0 bridgehead atoms. The van der Waals surface area contributed by atoms with Crippen molar-refractivity contribution in [3.05, 3.63) is 54.6 Å². The summed E-state index contributed by atoms with van der Waals surface area (Å²) in [5.74, 6) is 1.68. The van der Waals surface area contributed by atoms with E-state index in [0.717, 1.165) is 0 Å². The Labute approximate surface area is 147 Å². The highest BCUT2D eigenvalue weighted by Crippen LogP contribution is 2.38. The van der Waals surface area contributed by atoms with Gasteiger partial charge in [0.25, 0.3) is 5.91 Å². The standard InChI is InChI=1S/C19H21NO5/c1-5-10-25-15-8-6-14(7-9-15)20-19(21)13-11-16(22-2)18(24-4)17(12-13)23-3/h5-9,11-12H,1,10H2,2-4H3,(H,20,21). The molecule has 6 heteroatoms. The molecule has 2 rings (SSSR count). The molecule has 0 aliphatic carbocycles. The van der Waals surface area contributed by atoms with E-state index in [9.17, 15) is 4.79 Å². The third-order valence-electron chi connectivity index (χ3n) is 3.41. The van der Waals surface area contributed by atoms with Gasteiger partial charge in [0, 0.05) is 11.3 Å². The minimum absolute atomic E-state index is 0.293. The summed E-state index contributed by atoms with van der Waals surface area (Å²) in [7, 11) is 4.51. The largest absolute Gasteiger partial charge is 0.493 e. The molecule has 25 heavy (non-hydrogen) atoms. The van der Waals surface area contributed by atoms with Crippen molar-refractivity contribution >= 4 is 11.6 Å². The minimum Gasteiger partial charge on any atom is -0.493 e. The Morgan fingerprint density at radius 2 is 1.64 bits per heavy atom. The van der Waals surface area contributed by atoms with Crippen molar-refractivity contribution in [2.75, 3.05) is 33.3 Å². The number of nitrogens with one attached hydrogen (secondary N) is 1. The lowest BCUT2D eigenvalue weighted by Gasteiger charge is -2.14. The second-order valence-corrected chi connectivity index (χ2v) is 4.99. The van der Waals surface area contributed by atoms with Crippen molar-refractivity contribution < 1.29 is 23.7 Å². The molecule has 0 radical (unpaired) electrons. The summed E-state index contributed by atoms with van der Waals surface area (Å²) in [6.07, 6.45) is 1.67. The summed E-state index contributed by atoms with van der Waals surface area (Å²) in [5.41, 5.74) is 1.03. The highest BCUT2D eigenvalue weighted by atomic mass is 16.5. The molecule has 132 valence electrons. The lowest BCUT2D eigenvalue weighted by Crippen LogP contribution is -2.12. The zero-order chi connectivity index (χ0) is 18.2. The Morgan fingerprint density at radius 1 is 1.04 bits per heavy atom. The lowest BCUT2D eigenvalue weighted by atomic mass is 10.1. The number of carbonyl (C=O) groups is 1. The lowest BCUT2D eigenvalue weighted by molar-refractivity contribution is 0.102. The second-order valence-electron chi connectivity index (χ2n) is 4.99. The van der Waals surface area contributed by atoms with E-state index in [1.54, 1.807) is 42.5 Å². The Balaban J connectivity index is 2.18. The number of amides is 1. The fourth-order valence-electron chi connectivity index (χ4n) is 2.21. The number of anilines is 1. The molecule has 0 aliphatic heterocycles. The molecule has 0 heterocycles. The van der Waals surface area contributed by atoms with Crippen LogP contribution in [0, 0.1) is 0 Å².